The van der Waals surface area contributed by atoms with Gasteiger partial charge in [-0.15, -0.1) is 11.6 Å². The first kappa shape index (κ1) is 15.8. The number of piperazine rings is 1. The van der Waals surface area contributed by atoms with E-state index in [9.17, 15) is 8.42 Å². The first-order valence-electron chi connectivity index (χ1n) is 6.70. The SMILES string of the molecule is CC1CN(S(=O)(=O)c2cc(CCl)n(C)c2)CC(C)N1C. The van der Waals surface area contributed by atoms with E-state index < -0.39 is 10.0 Å². The number of hydrogen-bond acceptors (Lipinski definition) is 3. The minimum absolute atomic E-state index is 0.213. The average molecular weight is 320 g/mol. The summed E-state index contributed by atoms with van der Waals surface area (Å²) in [4.78, 5) is 2.54. The van der Waals surface area contributed by atoms with Crippen molar-refractivity contribution in [1.82, 2.24) is 13.8 Å². The number of aryl methyl sites for hydroxylation is 1. The van der Waals surface area contributed by atoms with Gasteiger partial charge in [0.2, 0.25) is 10.0 Å². The molecule has 5 nitrogen and oxygen atoms in total. The lowest BCUT2D eigenvalue weighted by atomic mass is 10.1. The molecule has 0 aliphatic carbocycles. The fourth-order valence-corrected chi connectivity index (χ4v) is 4.52. The molecular formula is C13H22ClN3O2S. The van der Waals surface area contributed by atoms with Crippen LogP contribution in [0.15, 0.2) is 17.2 Å². The maximum atomic E-state index is 12.7. The highest BCUT2D eigenvalue weighted by molar-refractivity contribution is 7.89. The van der Waals surface area contributed by atoms with Crippen LogP contribution >= 0.6 is 11.6 Å². The monoisotopic (exact) mass is 319 g/mol. The summed E-state index contributed by atoms with van der Waals surface area (Å²) in [7, 11) is 0.411. The molecule has 1 saturated heterocycles. The normalized spacial score (nSPS) is 26.1. The lowest BCUT2D eigenvalue weighted by Crippen LogP contribution is -2.56. The molecule has 1 aromatic heterocycles. The second-order valence-electron chi connectivity index (χ2n) is 5.60. The molecule has 2 atom stereocenters. The van der Waals surface area contributed by atoms with Crippen LogP contribution in [0.4, 0.5) is 0 Å². The third-order valence-electron chi connectivity index (χ3n) is 4.18. The summed E-state index contributed by atoms with van der Waals surface area (Å²) in [5.41, 5.74) is 0.806. The summed E-state index contributed by atoms with van der Waals surface area (Å²) in [6, 6.07) is 2.09. The minimum atomic E-state index is -3.44. The van der Waals surface area contributed by atoms with Crippen molar-refractivity contribution in [3.8, 4) is 0 Å². The summed E-state index contributed by atoms with van der Waals surface area (Å²) in [5.74, 6) is 0.307. The molecule has 0 amide bonds. The standard InChI is InChI=1S/C13H22ClN3O2S/c1-10-7-17(8-11(2)16(10)4)20(18,19)13-5-12(6-14)15(3)9-13/h5,9-11H,6-8H2,1-4H3. The Kier molecular flexibility index (Phi) is 4.49. The molecule has 114 valence electrons. The molecule has 0 saturated carbocycles. The molecule has 1 fully saturated rings. The van der Waals surface area contributed by atoms with E-state index in [1.165, 1.54) is 0 Å². The van der Waals surface area contributed by atoms with E-state index in [2.05, 4.69) is 4.90 Å². The summed E-state index contributed by atoms with van der Waals surface area (Å²) in [6.07, 6.45) is 1.64. The van der Waals surface area contributed by atoms with Crippen LogP contribution in [0.2, 0.25) is 0 Å². The number of nitrogens with zero attached hydrogens (tertiary/aromatic N) is 3. The van der Waals surface area contributed by atoms with Crippen molar-refractivity contribution in [2.24, 2.45) is 7.05 Å². The fraction of sp³-hybridized carbons (Fsp3) is 0.692. The third kappa shape index (κ3) is 2.74. The molecule has 1 aliphatic rings. The zero-order chi connectivity index (χ0) is 15.1. The maximum Gasteiger partial charge on any atom is 0.244 e. The number of alkyl halides is 1. The molecule has 1 aromatic rings. The molecule has 0 radical (unpaired) electrons. The highest BCUT2D eigenvalue weighted by Crippen LogP contribution is 2.23. The Labute approximate surface area is 126 Å². The van der Waals surface area contributed by atoms with E-state index in [0.29, 0.717) is 23.9 Å². The smallest absolute Gasteiger partial charge is 0.244 e. The van der Waals surface area contributed by atoms with Gasteiger partial charge in [-0.25, -0.2) is 8.42 Å². The molecule has 0 bridgehead atoms. The Morgan fingerprint density at radius 3 is 2.25 bits per heavy atom. The van der Waals surface area contributed by atoms with Gasteiger partial charge in [0.1, 0.15) is 4.90 Å². The van der Waals surface area contributed by atoms with E-state index in [-0.39, 0.29) is 12.1 Å². The summed E-state index contributed by atoms with van der Waals surface area (Å²) >= 11 is 5.81. The summed E-state index contributed by atoms with van der Waals surface area (Å²) in [6.45, 7) is 5.14. The number of likely N-dealkylation sites (N-methyl/N-ethyl adjacent to an activating group) is 1. The Morgan fingerprint density at radius 1 is 1.25 bits per heavy atom. The zero-order valence-corrected chi connectivity index (χ0v) is 13.9. The first-order valence-corrected chi connectivity index (χ1v) is 8.68. The molecule has 7 heteroatoms. The van der Waals surface area contributed by atoms with Crippen LogP contribution in [0, 0.1) is 0 Å². The molecule has 2 unspecified atom stereocenters. The Bertz CT molecular complexity index is 572. The van der Waals surface area contributed by atoms with Crippen LogP contribution in [0.5, 0.6) is 0 Å². The number of hydrogen-bond donors (Lipinski definition) is 0. The topological polar surface area (TPSA) is 45.6 Å². The van der Waals surface area contributed by atoms with E-state index in [0.717, 1.165) is 5.69 Å². The number of sulfonamides is 1. The van der Waals surface area contributed by atoms with Gasteiger partial charge >= 0.3 is 0 Å². The second kappa shape index (κ2) is 5.67. The summed E-state index contributed by atoms with van der Waals surface area (Å²) < 4.78 is 28.8. The second-order valence-corrected chi connectivity index (χ2v) is 7.80. The van der Waals surface area contributed by atoms with Gasteiger partial charge in [-0.3, -0.25) is 4.90 Å². The lowest BCUT2D eigenvalue weighted by Gasteiger charge is -2.41. The van der Waals surface area contributed by atoms with Gasteiger partial charge < -0.3 is 4.57 Å². The van der Waals surface area contributed by atoms with Crippen molar-refractivity contribution < 1.29 is 8.42 Å². The van der Waals surface area contributed by atoms with Crippen LogP contribution in [0.3, 0.4) is 0 Å². The number of aromatic nitrogens is 1. The zero-order valence-electron chi connectivity index (χ0n) is 12.4. The highest BCUT2D eigenvalue weighted by Gasteiger charge is 2.34. The van der Waals surface area contributed by atoms with Crippen molar-refractivity contribution in [1.29, 1.82) is 0 Å². The molecule has 1 aliphatic heterocycles. The van der Waals surface area contributed by atoms with Gasteiger partial charge in [-0.2, -0.15) is 4.31 Å². The predicted octanol–water partition coefficient (Wildman–Crippen LogP) is 1.48. The van der Waals surface area contributed by atoms with Crippen molar-refractivity contribution in [2.75, 3.05) is 20.1 Å². The van der Waals surface area contributed by atoms with E-state index >= 15 is 0 Å². The first-order chi connectivity index (χ1) is 9.27. The molecule has 0 aromatic carbocycles. The highest BCUT2D eigenvalue weighted by atomic mass is 35.5. The van der Waals surface area contributed by atoms with Crippen LogP contribution in [-0.2, 0) is 23.0 Å². The maximum absolute atomic E-state index is 12.7. The Balaban J connectivity index is 2.30. The van der Waals surface area contributed by atoms with Crippen LogP contribution in [-0.4, -0.2) is 54.4 Å². The molecule has 0 spiro atoms. The lowest BCUT2D eigenvalue weighted by molar-refractivity contribution is 0.105. The predicted molar refractivity (Wildman–Crippen MR) is 80.4 cm³/mol. The molecule has 2 rings (SSSR count). The largest absolute Gasteiger partial charge is 0.352 e. The quantitative estimate of drug-likeness (QED) is 0.793. The van der Waals surface area contributed by atoms with E-state index in [1.54, 1.807) is 21.1 Å². The van der Waals surface area contributed by atoms with E-state index in [4.69, 9.17) is 11.6 Å². The van der Waals surface area contributed by atoms with Gasteiger partial charge in [-0.1, -0.05) is 0 Å². The van der Waals surface area contributed by atoms with Gasteiger partial charge in [0.05, 0.1) is 5.88 Å². The van der Waals surface area contributed by atoms with E-state index in [1.807, 2.05) is 27.9 Å². The van der Waals surface area contributed by atoms with Gasteiger partial charge in [-0.05, 0) is 27.0 Å². The van der Waals surface area contributed by atoms with Crippen LogP contribution in [0.25, 0.3) is 0 Å². The van der Waals surface area contributed by atoms with Crippen LogP contribution in [0.1, 0.15) is 19.5 Å². The summed E-state index contributed by atoms with van der Waals surface area (Å²) in [5, 5.41) is 0. The molecule has 20 heavy (non-hydrogen) atoms. The van der Waals surface area contributed by atoms with Gasteiger partial charge in [0.25, 0.3) is 0 Å². The Morgan fingerprint density at radius 2 is 1.80 bits per heavy atom. The van der Waals surface area contributed by atoms with Crippen molar-refractivity contribution in [3.63, 3.8) is 0 Å². The third-order valence-corrected chi connectivity index (χ3v) is 6.25. The van der Waals surface area contributed by atoms with Crippen molar-refractivity contribution >= 4 is 21.6 Å². The minimum Gasteiger partial charge on any atom is -0.352 e. The van der Waals surface area contributed by atoms with Gasteiger partial charge in [0, 0.05) is 44.1 Å². The van der Waals surface area contributed by atoms with Crippen LogP contribution < -0.4 is 0 Å². The molecule has 0 N–H and O–H groups in total. The fourth-order valence-electron chi connectivity index (χ4n) is 2.55. The van der Waals surface area contributed by atoms with Gasteiger partial charge in [0.15, 0.2) is 0 Å². The van der Waals surface area contributed by atoms with Crippen molar-refractivity contribution in [2.45, 2.75) is 36.7 Å². The average Bonchev–Trinajstić information content (AvgIpc) is 2.77. The number of halogens is 1. The van der Waals surface area contributed by atoms with Crippen molar-refractivity contribution in [3.05, 3.63) is 18.0 Å². The Hall–Kier alpha value is -0.560. The number of rotatable bonds is 3. The molecular weight excluding hydrogens is 298 g/mol. The molecule has 2 heterocycles.